The van der Waals surface area contributed by atoms with Crippen molar-refractivity contribution >= 4 is 9.84 Å². The number of halogens is 2. The Balaban J connectivity index is 2.55. The van der Waals surface area contributed by atoms with Crippen molar-refractivity contribution in [3.05, 3.63) is 29.8 Å². The maximum Gasteiger partial charge on any atom is 0.184 e. The Morgan fingerprint density at radius 3 is 2.43 bits per heavy atom. The van der Waals surface area contributed by atoms with E-state index in [2.05, 4.69) is 0 Å². The summed E-state index contributed by atoms with van der Waals surface area (Å²) in [7, 11) is -3.63. The lowest BCUT2D eigenvalue weighted by Crippen LogP contribution is -2.09. The van der Waals surface area contributed by atoms with E-state index in [1.165, 1.54) is 0 Å². The molecule has 0 unspecified atom stereocenters. The number of benzene rings is 1. The van der Waals surface area contributed by atoms with E-state index < -0.39 is 31.6 Å². The summed E-state index contributed by atoms with van der Waals surface area (Å²) >= 11 is 0. The molecule has 1 aromatic carbocycles. The van der Waals surface area contributed by atoms with Gasteiger partial charge in [-0.1, -0.05) is 0 Å². The molecule has 1 aromatic rings. The number of rotatable bonds is 2. The van der Waals surface area contributed by atoms with E-state index in [9.17, 15) is 17.2 Å². The van der Waals surface area contributed by atoms with Gasteiger partial charge in [-0.05, 0) is 31.0 Å². The van der Waals surface area contributed by atoms with Crippen molar-refractivity contribution in [2.45, 2.75) is 23.0 Å². The van der Waals surface area contributed by atoms with Gasteiger partial charge in [0.25, 0.3) is 0 Å². The molecule has 0 saturated heterocycles. The maximum atomic E-state index is 13.1. The van der Waals surface area contributed by atoms with Gasteiger partial charge in [0.1, 0.15) is 16.5 Å². The molecule has 0 aliphatic heterocycles. The van der Waals surface area contributed by atoms with Gasteiger partial charge in [-0.3, -0.25) is 0 Å². The van der Waals surface area contributed by atoms with Crippen LogP contribution in [-0.4, -0.2) is 13.7 Å². The molecule has 0 spiro atoms. The average Bonchev–Trinajstić information content (AvgIpc) is 2.91. The highest BCUT2D eigenvalue weighted by molar-refractivity contribution is 7.92. The van der Waals surface area contributed by atoms with E-state index in [0.29, 0.717) is 12.8 Å². The van der Waals surface area contributed by atoms with Crippen molar-refractivity contribution in [1.29, 1.82) is 0 Å². The number of hydrogen-bond donors (Lipinski definition) is 0. The Hall–Kier alpha value is -0.970. The van der Waals surface area contributed by atoms with Crippen molar-refractivity contribution in [3.8, 4) is 0 Å². The molecule has 0 aromatic heterocycles. The Morgan fingerprint density at radius 2 is 1.86 bits per heavy atom. The molecule has 5 heteroatoms. The first-order valence-electron chi connectivity index (χ1n) is 4.21. The maximum absolute atomic E-state index is 13.1. The highest BCUT2D eigenvalue weighted by atomic mass is 32.2. The van der Waals surface area contributed by atoms with E-state index in [0.717, 1.165) is 18.2 Å². The topological polar surface area (TPSA) is 34.1 Å². The summed E-state index contributed by atoms with van der Waals surface area (Å²) < 4.78 is 49.0. The number of sulfone groups is 1. The van der Waals surface area contributed by atoms with Crippen LogP contribution in [0, 0.1) is 11.6 Å². The van der Waals surface area contributed by atoms with Gasteiger partial charge in [0, 0.05) is 0 Å². The summed E-state index contributed by atoms with van der Waals surface area (Å²) in [6, 6.07) is 2.48. The van der Waals surface area contributed by atoms with Crippen LogP contribution in [0.1, 0.15) is 12.8 Å². The monoisotopic (exact) mass is 218 g/mol. The first-order chi connectivity index (χ1) is 6.51. The van der Waals surface area contributed by atoms with E-state index in [1.54, 1.807) is 0 Å². The Bertz CT molecular complexity index is 464. The lowest BCUT2D eigenvalue weighted by molar-refractivity contribution is 0.552. The lowest BCUT2D eigenvalue weighted by atomic mass is 10.3. The molecular formula is C9H8F2O2S. The molecular weight excluding hydrogens is 210 g/mol. The molecule has 1 saturated carbocycles. The van der Waals surface area contributed by atoms with E-state index >= 15 is 0 Å². The second-order valence-electron chi connectivity index (χ2n) is 3.32. The fraction of sp³-hybridized carbons (Fsp3) is 0.333. The third-order valence-corrected chi connectivity index (χ3v) is 4.44. The number of hydrogen-bond acceptors (Lipinski definition) is 2. The summed E-state index contributed by atoms with van der Waals surface area (Å²) in [5.74, 6) is -1.61. The third-order valence-electron chi connectivity index (χ3n) is 2.16. The van der Waals surface area contributed by atoms with Gasteiger partial charge in [0.2, 0.25) is 0 Å². The molecule has 2 nitrogen and oxygen atoms in total. The minimum Gasteiger partial charge on any atom is -0.223 e. The highest BCUT2D eigenvalue weighted by Crippen LogP contribution is 2.34. The smallest absolute Gasteiger partial charge is 0.184 e. The van der Waals surface area contributed by atoms with E-state index in [4.69, 9.17) is 0 Å². The van der Waals surface area contributed by atoms with Gasteiger partial charge in [0.05, 0.1) is 5.25 Å². The summed E-state index contributed by atoms with van der Waals surface area (Å²) in [6.07, 6.45) is 1.08. The van der Waals surface area contributed by atoms with Gasteiger partial charge in [0.15, 0.2) is 9.84 Å². The minimum atomic E-state index is -3.63. The van der Waals surface area contributed by atoms with Gasteiger partial charge in [-0.2, -0.15) is 0 Å². The zero-order valence-electron chi connectivity index (χ0n) is 7.20. The van der Waals surface area contributed by atoms with Crippen LogP contribution in [-0.2, 0) is 9.84 Å². The molecule has 0 atom stereocenters. The van der Waals surface area contributed by atoms with Crippen LogP contribution in [0.3, 0.4) is 0 Å². The molecule has 0 bridgehead atoms. The highest BCUT2D eigenvalue weighted by Gasteiger charge is 2.38. The third kappa shape index (κ3) is 1.52. The van der Waals surface area contributed by atoms with Gasteiger partial charge < -0.3 is 0 Å². The molecule has 1 aliphatic rings. The van der Waals surface area contributed by atoms with Gasteiger partial charge >= 0.3 is 0 Å². The molecule has 2 rings (SSSR count). The zero-order valence-corrected chi connectivity index (χ0v) is 8.02. The standard InChI is InChI=1S/C9H8F2O2S/c10-6-1-4-8(11)9(5-6)14(12,13)7-2-3-7/h1,4-5,7H,2-3H2. The summed E-state index contributed by atoms with van der Waals surface area (Å²) in [5.41, 5.74) is 0. The molecule has 14 heavy (non-hydrogen) atoms. The predicted octanol–water partition coefficient (Wildman–Crippen LogP) is 1.90. The second kappa shape index (κ2) is 3.02. The molecule has 0 radical (unpaired) electrons. The molecule has 0 amide bonds. The largest absolute Gasteiger partial charge is 0.223 e. The Labute approximate surface area is 80.5 Å². The molecule has 1 aliphatic carbocycles. The SMILES string of the molecule is O=S(=O)(c1cc(F)ccc1F)C1CC1. The van der Waals surface area contributed by atoms with Crippen molar-refractivity contribution in [1.82, 2.24) is 0 Å². The van der Waals surface area contributed by atoms with Crippen LogP contribution in [0.4, 0.5) is 8.78 Å². The van der Waals surface area contributed by atoms with Gasteiger partial charge in [-0.25, -0.2) is 17.2 Å². The van der Waals surface area contributed by atoms with E-state index in [1.807, 2.05) is 0 Å². The lowest BCUT2D eigenvalue weighted by Gasteiger charge is -2.03. The Morgan fingerprint density at radius 1 is 1.21 bits per heavy atom. The van der Waals surface area contributed by atoms with Crippen LogP contribution in [0.15, 0.2) is 23.1 Å². The molecule has 76 valence electrons. The first-order valence-corrected chi connectivity index (χ1v) is 5.75. The summed E-state index contributed by atoms with van der Waals surface area (Å²) in [6.45, 7) is 0. The van der Waals surface area contributed by atoms with E-state index in [-0.39, 0.29) is 0 Å². The normalized spacial score (nSPS) is 17.0. The van der Waals surface area contributed by atoms with Crippen LogP contribution >= 0.6 is 0 Å². The average molecular weight is 218 g/mol. The van der Waals surface area contributed by atoms with Crippen LogP contribution in [0.2, 0.25) is 0 Å². The van der Waals surface area contributed by atoms with Crippen LogP contribution < -0.4 is 0 Å². The first kappa shape index (κ1) is 9.58. The molecule has 1 fully saturated rings. The summed E-state index contributed by atoms with van der Waals surface area (Å²) in [4.78, 5) is -0.514. The predicted molar refractivity (Wildman–Crippen MR) is 46.6 cm³/mol. The van der Waals surface area contributed by atoms with Crippen molar-refractivity contribution < 1.29 is 17.2 Å². The quantitative estimate of drug-likeness (QED) is 0.759. The van der Waals surface area contributed by atoms with Crippen molar-refractivity contribution in [3.63, 3.8) is 0 Å². The second-order valence-corrected chi connectivity index (χ2v) is 5.52. The Kier molecular flexibility index (Phi) is 2.06. The fourth-order valence-electron chi connectivity index (χ4n) is 1.25. The summed E-state index contributed by atoms with van der Waals surface area (Å²) in [5, 5.41) is -0.515. The van der Waals surface area contributed by atoms with Crippen molar-refractivity contribution in [2.75, 3.05) is 0 Å². The van der Waals surface area contributed by atoms with Crippen molar-refractivity contribution in [2.24, 2.45) is 0 Å². The molecule has 0 heterocycles. The zero-order chi connectivity index (χ0) is 10.3. The van der Waals surface area contributed by atoms with Crippen LogP contribution in [0.5, 0.6) is 0 Å². The molecule has 0 N–H and O–H groups in total. The van der Waals surface area contributed by atoms with Crippen LogP contribution in [0.25, 0.3) is 0 Å². The van der Waals surface area contributed by atoms with Gasteiger partial charge in [-0.15, -0.1) is 0 Å². The minimum absolute atomic E-state index is 0.514. The fourth-order valence-corrected chi connectivity index (χ4v) is 2.99.